The van der Waals surface area contributed by atoms with E-state index in [0.717, 1.165) is 12.8 Å². The lowest BCUT2D eigenvalue weighted by atomic mass is 9.96. The Hall–Kier alpha value is -1.34. The number of carboxylic acid groups (broad SMARTS) is 1. The van der Waals surface area contributed by atoms with Gasteiger partial charge in [0.1, 0.15) is 12.2 Å². The number of likely N-dealkylation sites (tertiary alicyclic amines) is 1. The smallest absolute Gasteiger partial charge is 0.329 e. The monoisotopic (exact) mass is 302 g/mol. The molecular weight excluding hydrogens is 276 g/mol. The number of carbonyl (C=O) groups is 2. The van der Waals surface area contributed by atoms with Gasteiger partial charge in [-0.2, -0.15) is 0 Å². The molecule has 0 unspecified atom stereocenters. The van der Waals surface area contributed by atoms with Crippen molar-refractivity contribution in [3.05, 3.63) is 0 Å². The number of hydrogen-bond acceptors (Lipinski definition) is 4. The van der Waals surface area contributed by atoms with Crippen LogP contribution in [0.5, 0.6) is 0 Å². The van der Waals surface area contributed by atoms with Crippen molar-refractivity contribution in [3.63, 3.8) is 0 Å². The van der Waals surface area contributed by atoms with E-state index in [9.17, 15) is 9.59 Å². The molecule has 0 spiro atoms. The Morgan fingerprint density at radius 3 is 2.33 bits per heavy atom. The van der Waals surface area contributed by atoms with Gasteiger partial charge in [-0.15, -0.1) is 0 Å². The number of aliphatic hydroxyl groups excluding tert-OH is 1. The van der Waals surface area contributed by atoms with Crippen molar-refractivity contribution in [1.82, 2.24) is 9.80 Å². The summed E-state index contributed by atoms with van der Waals surface area (Å²) in [5, 5.41) is 17.8. The highest BCUT2D eigenvalue weighted by Crippen LogP contribution is 2.26. The van der Waals surface area contributed by atoms with Crippen LogP contribution in [0.3, 0.4) is 0 Å². The third-order valence-corrected chi connectivity index (χ3v) is 3.84. The topological polar surface area (TPSA) is 90.3 Å². The van der Waals surface area contributed by atoms with E-state index in [4.69, 9.17) is 14.9 Å². The van der Waals surface area contributed by atoms with E-state index < -0.39 is 11.6 Å². The van der Waals surface area contributed by atoms with Gasteiger partial charge >= 0.3 is 12.0 Å². The molecule has 21 heavy (non-hydrogen) atoms. The fourth-order valence-electron chi connectivity index (χ4n) is 2.68. The Labute approximate surface area is 125 Å². The largest absolute Gasteiger partial charge is 0.480 e. The minimum Gasteiger partial charge on any atom is -0.480 e. The van der Waals surface area contributed by atoms with Crippen molar-refractivity contribution in [1.29, 1.82) is 0 Å². The molecule has 7 heteroatoms. The Morgan fingerprint density at radius 1 is 1.33 bits per heavy atom. The molecule has 0 atom stereocenters. The molecule has 2 amide bonds. The predicted molar refractivity (Wildman–Crippen MR) is 77.1 cm³/mol. The van der Waals surface area contributed by atoms with Crippen molar-refractivity contribution in [2.45, 2.75) is 45.3 Å². The molecule has 0 aromatic carbocycles. The van der Waals surface area contributed by atoms with Crippen LogP contribution < -0.4 is 0 Å². The summed E-state index contributed by atoms with van der Waals surface area (Å²) in [5.41, 5.74) is -0.590. The minimum atomic E-state index is -1.01. The number of nitrogens with zero attached hydrogens (tertiary/aromatic N) is 2. The normalized spacial score (nSPS) is 16.7. The molecule has 122 valence electrons. The van der Waals surface area contributed by atoms with E-state index >= 15 is 0 Å². The quantitative estimate of drug-likeness (QED) is 0.691. The van der Waals surface area contributed by atoms with Gasteiger partial charge in [0, 0.05) is 12.6 Å². The Morgan fingerprint density at radius 2 is 1.90 bits per heavy atom. The molecule has 1 saturated heterocycles. The molecule has 1 heterocycles. The van der Waals surface area contributed by atoms with E-state index in [1.165, 1.54) is 0 Å². The van der Waals surface area contributed by atoms with Gasteiger partial charge in [0.05, 0.1) is 19.7 Å². The molecule has 0 aliphatic carbocycles. The summed E-state index contributed by atoms with van der Waals surface area (Å²) in [5.74, 6) is -1.01. The van der Waals surface area contributed by atoms with Gasteiger partial charge in [-0.3, -0.25) is 0 Å². The van der Waals surface area contributed by atoms with Gasteiger partial charge < -0.3 is 24.7 Å². The Kier molecular flexibility index (Phi) is 6.42. The van der Waals surface area contributed by atoms with Crippen LogP contribution in [0.4, 0.5) is 4.79 Å². The Bertz CT molecular complexity index is 364. The van der Waals surface area contributed by atoms with Gasteiger partial charge in [0.2, 0.25) is 0 Å². The average molecular weight is 302 g/mol. The number of amides is 2. The molecule has 0 aromatic rings. The second-order valence-electron chi connectivity index (χ2n) is 5.66. The van der Waals surface area contributed by atoms with Gasteiger partial charge in [-0.05, 0) is 19.8 Å². The van der Waals surface area contributed by atoms with Gasteiger partial charge in [0.15, 0.2) is 0 Å². The van der Waals surface area contributed by atoms with E-state index in [2.05, 4.69) is 0 Å². The Balaban J connectivity index is 2.57. The van der Waals surface area contributed by atoms with E-state index in [1.54, 1.807) is 16.7 Å². The third-order valence-electron chi connectivity index (χ3n) is 3.84. The van der Waals surface area contributed by atoms with E-state index in [0.29, 0.717) is 19.6 Å². The number of hydrogen-bond donors (Lipinski definition) is 2. The number of rotatable bonds is 8. The lowest BCUT2D eigenvalue weighted by Crippen LogP contribution is -2.66. The van der Waals surface area contributed by atoms with Crippen LogP contribution in [0.15, 0.2) is 0 Å². The highest BCUT2D eigenvalue weighted by atomic mass is 16.5. The van der Waals surface area contributed by atoms with Crippen LogP contribution in [0.2, 0.25) is 0 Å². The molecule has 0 aromatic heterocycles. The maximum atomic E-state index is 12.5. The van der Waals surface area contributed by atoms with Crippen LogP contribution in [0.25, 0.3) is 0 Å². The number of aliphatic hydroxyl groups is 1. The zero-order valence-electron chi connectivity index (χ0n) is 13.0. The SMILES string of the molecule is CCC(CC)N(CCO)C(=O)N1CC(C)(OCC(=O)O)C1. The van der Waals surface area contributed by atoms with Crippen LogP contribution in [-0.4, -0.2) is 76.5 Å². The van der Waals surface area contributed by atoms with Gasteiger partial charge in [-0.1, -0.05) is 13.8 Å². The molecule has 1 aliphatic heterocycles. The molecular formula is C14H26N2O5. The highest BCUT2D eigenvalue weighted by molar-refractivity contribution is 5.76. The second kappa shape index (κ2) is 7.61. The standard InChI is InChI=1S/C14H26N2O5/c1-4-11(5-2)16(6-7-17)13(20)15-9-14(3,10-15)21-8-12(18)19/h11,17H,4-10H2,1-3H3,(H,18,19). The van der Waals surface area contributed by atoms with Crippen molar-refractivity contribution in [2.75, 3.05) is 32.8 Å². The first-order chi connectivity index (χ1) is 9.86. The number of ether oxygens (including phenoxy) is 1. The summed E-state index contributed by atoms with van der Waals surface area (Å²) in [4.78, 5) is 26.3. The molecule has 0 saturated carbocycles. The fraction of sp³-hybridized carbons (Fsp3) is 0.857. The average Bonchev–Trinajstić information content (AvgIpc) is 2.41. The first kappa shape index (κ1) is 17.7. The van der Waals surface area contributed by atoms with E-state index in [1.807, 2.05) is 13.8 Å². The van der Waals surface area contributed by atoms with E-state index in [-0.39, 0.29) is 25.3 Å². The second-order valence-corrected chi connectivity index (χ2v) is 5.66. The van der Waals surface area contributed by atoms with Crippen LogP contribution in [0, 0.1) is 0 Å². The van der Waals surface area contributed by atoms with Crippen LogP contribution in [-0.2, 0) is 9.53 Å². The summed E-state index contributed by atoms with van der Waals surface area (Å²) in [6, 6.07) is -0.00871. The number of aliphatic carboxylic acids is 1. The van der Waals surface area contributed by atoms with Gasteiger partial charge in [0.25, 0.3) is 0 Å². The van der Waals surface area contributed by atoms with Crippen molar-refractivity contribution in [3.8, 4) is 0 Å². The number of carbonyl (C=O) groups excluding carboxylic acids is 1. The maximum absolute atomic E-state index is 12.5. The summed E-state index contributed by atoms with van der Waals surface area (Å²) >= 11 is 0. The predicted octanol–water partition coefficient (Wildman–Crippen LogP) is 0.765. The minimum absolute atomic E-state index is 0.0666. The first-order valence-corrected chi connectivity index (χ1v) is 7.39. The molecule has 1 rings (SSSR count). The molecule has 1 aliphatic rings. The van der Waals surface area contributed by atoms with Crippen molar-refractivity contribution >= 4 is 12.0 Å². The molecule has 0 bridgehead atoms. The summed E-state index contributed by atoms with van der Waals surface area (Å²) in [6.07, 6.45) is 1.67. The summed E-state index contributed by atoms with van der Waals surface area (Å²) in [6.45, 7) is 6.47. The van der Waals surface area contributed by atoms with Crippen LogP contribution >= 0.6 is 0 Å². The molecule has 7 nitrogen and oxygen atoms in total. The van der Waals surface area contributed by atoms with Crippen molar-refractivity contribution in [2.24, 2.45) is 0 Å². The number of urea groups is 1. The molecule has 1 fully saturated rings. The first-order valence-electron chi connectivity index (χ1n) is 7.39. The lowest BCUT2D eigenvalue weighted by Gasteiger charge is -2.49. The van der Waals surface area contributed by atoms with Gasteiger partial charge in [-0.25, -0.2) is 9.59 Å². The third kappa shape index (κ3) is 4.57. The lowest BCUT2D eigenvalue weighted by molar-refractivity contribution is -0.160. The van der Waals surface area contributed by atoms with Crippen LogP contribution in [0.1, 0.15) is 33.6 Å². The summed E-state index contributed by atoms with van der Waals surface area (Å²) in [7, 11) is 0. The maximum Gasteiger partial charge on any atom is 0.329 e. The zero-order valence-corrected chi connectivity index (χ0v) is 13.0. The zero-order chi connectivity index (χ0) is 16.0. The molecule has 0 radical (unpaired) electrons. The molecule has 2 N–H and O–H groups in total. The summed E-state index contributed by atoms with van der Waals surface area (Å²) < 4.78 is 5.30. The number of carboxylic acids is 1. The highest BCUT2D eigenvalue weighted by Gasteiger charge is 2.44. The fourth-order valence-corrected chi connectivity index (χ4v) is 2.68. The van der Waals surface area contributed by atoms with Crippen molar-refractivity contribution < 1.29 is 24.5 Å².